The Hall–Kier alpha value is -1.00. The van der Waals surface area contributed by atoms with Gasteiger partial charge in [0.05, 0.1) is 5.75 Å². The standard InChI is InChI=1S/C13H14ClN3S/c1-17-12(15-16-13(17)9-5-6-9)8-18-11-4-2-3-10(14)7-11/h2-4,7,9H,5-6,8H2,1H3. The molecule has 94 valence electrons. The minimum atomic E-state index is 0.646. The molecule has 5 heteroatoms. The molecule has 3 rings (SSSR count). The minimum absolute atomic E-state index is 0.646. The van der Waals surface area contributed by atoms with Gasteiger partial charge in [0.1, 0.15) is 11.6 Å². The summed E-state index contributed by atoms with van der Waals surface area (Å²) in [5, 5.41) is 9.33. The molecule has 0 radical (unpaired) electrons. The summed E-state index contributed by atoms with van der Waals surface area (Å²) in [7, 11) is 2.06. The van der Waals surface area contributed by atoms with Crippen molar-refractivity contribution in [2.45, 2.75) is 29.4 Å². The maximum absolute atomic E-state index is 5.97. The number of hydrogen-bond acceptors (Lipinski definition) is 3. The van der Waals surface area contributed by atoms with E-state index >= 15 is 0 Å². The molecule has 0 saturated heterocycles. The number of nitrogens with zero attached hydrogens (tertiary/aromatic N) is 3. The van der Waals surface area contributed by atoms with Crippen LogP contribution in [0.15, 0.2) is 29.2 Å². The van der Waals surface area contributed by atoms with Gasteiger partial charge in [-0.1, -0.05) is 17.7 Å². The highest BCUT2D eigenvalue weighted by Gasteiger charge is 2.29. The van der Waals surface area contributed by atoms with Crippen molar-refractivity contribution in [3.8, 4) is 0 Å². The molecule has 1 aromatic heterocycles. The van der Waals surface area contributed by atoms with Gasteiger partial charge in [-0.05, 0) is 31.0 Å². The van der Waals surface area contributed by atoms with Gasteiger partial charge in [-0.15, -0.1) is 22.0 Å². The van der Waals surface area contributed by atoms with Crippen molar-refractivity contribution in [2.24, 2.45) is 7.05 Å². The summed E-state index contributed by atoms with van der Waals surface area (Å²) in [5.41, 5.74) is 0. The summed E-state index contributed by atoms with van der Waals surface area (Å²) in [4.78, 5) is 1.17. The first-order valence-corrected chi connectivity index (χ1v) is 7.37. The molecule has 1 saturated carbocycles. The van der Waals surface area contributed by atoms with E-state index in [1.54, 1.807) is 11.8 Å². The lowest BCUT2D eigenvalue weighted by molar-refractivity contribution is 0.774. The van der Waals surface area contributed by atoms with E-state index in [-0.39, 0.29) is 0 Å². The number of thioether (sulfide) groups is 1. The van der Waals surface area contributed by atoms with Gasteiger partial charge < -0.3 is 4.57 Å². The molecule has 0 aliphatic heterocycles. The smallest absolute Gasteiger partial charge is 0.143 e. The predicted octanol–water partition coefficient (Wildman–Crippen LogP) is 3.64. The van der Waals surface area contributed by atoms with Gasteiger partial charge in [-0.25, -0.2) is 0 Å². The van der Waals surface area contributed by atoms with Crippen LogP contribution in [-0.2, 0) is 12.8 Å². The summed E-state index contributed by atoms with van der Waals surface area (Å²) in [6, 6.07) is 7.90. The summed E-state index contributed by atoms with van der Waals surface area (Å²) in [6.45, 7) is 0. The van der Waals surface area contributed by atoms with Crippen molar-refractivity contribution in [3.05, 3.63) is 40.9 Å². The molecule has 0 amide bonds. The highest BCUT2D eigenvalue weighted by molar-refractivity contribution is 7.98. The van der Waals surface area contributed by atoms with E-state index in [2.05, 4.69) is 27.9 Å². The number of benzene rings is 1. The van der Waals surface area contributed by atoms with Crippen LogP contribution >= 0.6 is 23.4 Å². The lowest BCUT2D eigenvalue weighted by Gasteiger charge is -2.03. The average molecular weight is 280 g/mol. The van der Waals surface area contributed by atoms with Crippen molar-refractivity contribution in [1.29, 1.82) is 0 Å². The molecule has 1 aliphatic carbocycles. The van der Waals surface area contributed by atoms with Crippen LogP contribution in [0.5, 0.6) is 0 Å². The van der Waals surface area contributed by atoms with E-state index in [4.69, 9.17) is 11.6 Å². The van der Waals surface area contributed by atoms with Crippen LogP contribution in [0, 0.1) is 0 Å². The second-order valence-electron chi connectivity index (χ2n) is 4.55. The fourth-order valence-corrected chi connectivity index (χ4v) is 3.09. The van der Waals surface area contributed by atoms with E-state index in [9.17, 15) is 0 Å². The summed E-state index contributed by atoms with van der Waals surface area (Å²) in [5.74, 6) is 3.64. The van der Waals surface area contributed by atoms with Crippen molar-refractivity contribution in [1.82, 2.24) is 14.8 Å². The molecule has 3 nitrogen and oxygen atoms in total. The lowest BCUT2D eigenvalue weighted by atomic mass is 10.4. The Morgan fingerprint density at radius 1 is 1.39 bits per heavy atom. The van der Waals surface area contributed by atoms with E-state index in [1.165, 1.54) is 17.7 Å². The Balaban J connectivity index is 1.69. The van der Waals surface area contributed by atoms with Crippen molar-refractivity contribution >= 4 is 23.4 Å². The zero-order valence-electron chi connectivity index (χ0n) is 10.1. The third kappa shape index (κ3) is 2.54. The molecule has 2 aromatic rings. The van der Waals surface area contributed by atoms with Crippen molar-refractivity contribution < 1.29 is 0 Å². The van der Waals surface area contributed by atoms with E-state index in [0.717, 1.165) is 22.4 Å². The van der Waals surface area contributed by atoms with Gasteiger partial charge in [0.15, 0.2) is 0 Å². The average Bonchev–Trinajstić information content (AvgIpc) is 3.12. The van der Waals surface area contributed by atoms with E-state index < -0.39 is 0 Å². The van der Waals surface area contributed by atoms with Crippen LogP contribution in [0.3, 0.4) is 0 Å². The molecule has 0 atom stereocenters. The highest BCUT2D eigenvalue weighted by Crippen LogP contribution is 2.39. The maximum atomic E-state index is 5.97. The Bertz CT molecular complexity index is 563. The zero-order valence-corrected chi connectivity index (χ0v) is 11.7. The summed E-state index contributed by atoms with van der Waals surface area (Å²) < 4.78 is 2.13. The molecule has 1 fully saturated rings. The van der Waals surface area contributed by atoms with Crippen LogP contribution < -0.4 is 0 Å². The topological polar surface area (TPSA) is 30.7 Å². The lowest BCUT2D eigenvalue weighted by Crippen LogP contribution is -2.00. The normalized spacial score (nSPS) is 15.0. The number of rotatable bonds is 4. The Labute approximate surface area is 116 Å². The largest absolute Gasteiger partial charge is 0.317 e. The second kappa shape index (κ2) is 4.94. The molecule has 0 bridgehead atoms. The van der Waals surface area contributed by atoms with E-state index in [0.29, 0.717) is 5.92 Å². The van der Waals surface area contributed by atoms with E-state index in [1.807, 2.05) is 18.2 Å². The van der Waals surface area contributed by atoms with Crippen LogP contribution in [-0.4, -0.2) is 14.8 Å². The molecule has 1 aromatic carbocycles. The molecular formula is C13H14ClN3S. The van der Waals surface area contributed by atoms with Gasteiger partial charge in [0.2, 0.25) is 0 Å². The molecule has 1 aliphatic rings. The van der Waals surface area contributed by atoms with Crippen LogP contribution in [0.2, 0.25) is 5.02 Å². The van der Waals surface area contributed by atoms with Crippen LogP contribution in [0.1, 0.15) is 30.4 Å². The van der Waals surface area contributed by atoms with Gasteiger partial charge >= 0.3 is 0 Å². The first-order chi connectivity index (χ1) is 8.74. The molecule has 0 unspecified atom stereocenters. The van der Waals surface area contributed by atoms with Crippen molar-refractivity contribution in [2.75, 3.05) is 0 Å². The zero-order chi connectivity index (χ0) is 12.5. The fourth-order valence-electron chi connectivity index (χ4n) is 1.90. The third-order valence-electron chi connectivity index (χ3n) is 3.11. The van der Waals surface area contributed by atoms with Crippen LogP contribution in [0.4, 0.5) is 0 Å². The van der Waals surface area contributed by atoms with Gasteiger partial charge in [0.25, 0.3) is 0 Å². The third-order valence-corrected chi connectivity index (χ3v) is 4.33. The number of hydrogen-bond donors (Lipinski definition) is 0. The second-order valence-corrected chi connectivity index (χ2v) is 6.04. The SMILES string of the molecule is Cn1c(CSc2cccc(Cl)c2)nnc1C1CC1. The first-order valence-electron chi connectivity index (χ1n) is 6.00. The van der Waals surface area contributed by atoms with Gasteiger partial charge in [0, 0.05) is 22.9 Å². The quantitative estimate of drug-likeness (QED) is 0.801. The predicted molar refractivity (Wildman–Crippen MR) is 74.0 cm³/mol. The minimum Gasteiger partial charge on any atom is -0.317 e. The Morgan fingerprint density at radius 3 is 2.94 bits per heavy atom. The summed E-state index contributed by atoms with van der Waals surface area (Å²) in [6.07, 6.45) is 2.51. The molecule has 18 heavy (non-hydrogen) atoms. The Morgan fingerprint density at radius 2 is 2.22 bits per heavy atom. The molecule has 0 N–H and O–H groups in total. The molecule has 1 heterocycles. The Kier molecular flexibility index (Phi) is 3.31. The monoisotopic (exact) mass is 279 g/mol. The fraction of sp³-hybridized carbons (Fsp3) is 0.385. The number of halogens is 1. The molecular weight excluding hydrogens is 266 g/mol. The maximum Gasteiger partial charge on any atom is 0.143 e. The van der Waals surface area contributed by atoms with Gasteiger partial charge in [-0.2, -0.15) is 0 Å². The molecule has 0 spiro atoms. The first kappa shape index (κ1) is 12.1. The highest BCUT2D eigenvalue weighted by atomic mass is 35.5. The van der Waals surface area contributed by atoms with Gasteiger partial charge in [-0.3, -0.25) is 0 Å². The van der Waals surface area contributed by atoms with Crippen LogP contribution in [0.25, 0.3) is 0 Å². The van der Waals surface area contributed by atoms with Crippen molar-refractivity contribution in [3.63, 3.8) is 0 Å². The summed E-state index contributed by atoms with van der Waals surface area (Å²) >= 11 is 7.70. The number of aromatic nitrogens is 3.